The summed E-state index contributed by atoms with van der Waals surface area (Å²) in [6, 6.07) is 13.0. The van der Waals surface area contributed by atoms with Crippen molar-refractivity contribution in [3.63, 3.8) is 0 Å². The third-order valence-electron chi connectivity index (χ3n) is 4.44. The molecule has 0 unspecified atom stereocenters. The first-order valence-corrected chi connectivity index (χ1v) is 8.77. The van der Waals surface area contributed by atoms with Crippen LogP contribution < -0.4 is 5.73 Å². The van der Waals surface area contributed by atoms with Gasteiger partial charge in [0.05, 0.1) is 5.56 Å². The number of aromatic carboxylic acids is 1. The molecule has 0 radical (unpaired) electrons. The smallest absolute Gasteiger partial charge is 0.335 e. The summed E-state index contributed by atoms with van der Waals surface area (Å²) < 4.78 is 0. The zero-order chi connectivity index (χ0) is 17.8. The highest BCUT2D eigenvalue weighted by molar-refractivity contribution is 6.31. The predicted octanol–water partition coefficient (Wildman–Crippen LogP) is 4.20. The number of aromatic nitrogens is 1. The number of carboxylic acid groups (broad SMARTS) is 1. The lowest BCUT2D eigenvalue weighted by molar-refractivity contribution is 0.0697. The van der Waals surface area contributed by atoms with Gasteiger partial charge >= 0.3 is 5.97 Å². The molecule has 2 aromatic carbocycles. The number of carboxylic acids is 1. The number of halogens is 1. The molecule has 4 nitrogen and oxygen atoms in total. The molecule has 0 spiro atoms. The minimum atomic E-state index is -0.895. The third kappa shape index (κ3) is 4.03. The van der Waals surface area contributed by atoms with E-state index >= 15 is 0 Å². The normalized spacial score (nSPS) is 11.1. The van der Waals surface area contributed by atoms with Crippen LogP contribution >= 0.6 is 11.6 Å². The number of hydrogen-bond acceptors (Lipinski definition) is 2. The summed E-state index contributed by atoms with van der Waals surface area (Å²) in [5, 5.41) is 10.9. The molecule has 3 rings (SSSR count). The molecule has 0 saturated carbocycles. The number of rotatable bonds is 7. The van der Waals surface area contributed by atoms with Crippen LogP contribution in [0.5, 0.6) is 0 Å². The summed E-state index contributed by atoms with van der Waals surface area (Å²) >= 11 is 6.16. The maximum absolute atomic E-state index is 10.9. The quantitative estimate of drug-likeness (QED) is 0.593. The van der Waals surface area contributed by atoms with E-state index in [4.69, 9.17) is 22.4 Å². The number of benzene rings is 2. The fourth-order valence-corrected chi connectivity index (χ4v) is 3.37. The molecule has 3 aromatic rings. The van der Waals surface area contributed by atoms with Crippen molar-refractivity contribution in [2.45, 2.75) is 25.7 Å². The zero-order valence-corrected chi connectivity index (χ0v) is 14.6. The van der Waals surface area contributed by atoms with E-state index in [0.29, 0.717) is 12.1 Å². The Morgan fingerprint density at radius 3 is 2.52 bits per heavy atom. The number of aryl methyl sites for hydroxylation is 2. The van der Waals surface area contributed by atoms with Gasteiger partial charge in [0.15, 0.2) is 0 Å². The lowest BCUT2D eigenvalue weighted by Crippen LogP contribution is -2.05. The Morgan fingerprint density at radius 2 is 1.84 bits per heavy atom. The van der Waals surface area contributed by atoms with Crippen LogP contribution in [0.1, 0.15) is 33.6 Å². The highest BCUT2D eigenvalue weighted by atomic mass is 35.5. The van der Waals surface area contributed by atoms with Crippen LogP contribution in [0.15, 0.2) is 42.5 Å². The van der Waals surface area contributed by atoms with Gasteiger partial charge in [-0.1, -0.05) is 23.7 Å². The molecular weight excluding hydrogens is 336 g/mol. The first kappa shape index (κ1) is 17.5. The molecule has 4 N–H and O–H groups in total. The lowest BCUT2D eigenvalue weighted by atomic mass is 10.00. The average molecular weight is 357 g/mol. The Labute approximate surface area is 151 Å². The van der Waals surface area contributed by atoms with Gasteiger partial charge in [-0.2, -0.15) is 0 Å². The molecule has 130 valence electrons. The van der Waals surface area contributed by atoms with Crippen LogP contribution in [0.2, 0.25) is 5.02 Å². The van der Waals surface area contributed by atoms with E-state index < -0.39 is 5.97 Å². The summed E-state index contributed by atoms with van der Waals surface area (Å²) in [6.45, 7) is 0.601. The van der Waals surface area contributed by atoms with Gasteiger partial charge in [0.2, 0.25) is 0 Å². The van der Waals surface area contributed by atoms with E-state index in [1.807, 2.05) is 30.3 Å². The molecular formula is C20H21ClN2O2. The molecule has 0 aliphatic heterocycles. The Balaban J connectivity index is 1.74. The second-order valence-electron chi connectivity index (χ2n) is 6.17. The highest BCUT2D eigenvalue weighted by Crippen LogP contribution is 2.27. The van der Waals surface area contributed by atoms with E-state index in [2.05, 4.69) is 4.98 Å². The fraction of sp³-hybridized carbons (Fsp3) is 0.250. The van der Waals surface area contributed by atoms with Gasteiger partial charge in [0.1, 0.15) is 0 Å². The molecule has 0 saturated heterocycles. The van der Waals surface area contributed by atoms with E-state index in [-0.39, 0.29) is 0 Å². The maximum Gasteiger partial charge on any atom is 0.335 e. The van der Waals surface area contributed by atoms with Gasteiger partial charge in [0, 0.05) is 28.0 Å². The summed E-state index contributed by atoms with van der Waals surface area (Å²) in [5.74, 6) is -0.895. The lowest BCUT2D eigenvalue weighted by Gasteiger charge is -2.06. The Morgan fingerprint density at radius 1 is 1.08 bits per heavy atom. The van der Waals surface area contributed by atoms with Gasteiger partial charge in [-0.25, -0.2) is 4.79 Å². The summed E-state index contributed by atoms with van der Waals surface area (Å²) in [5.41, 5.74) is 10.8. The number of carbonyl (C=O) groups is 1. The molecule has 1 heterocycles. The number of fused-ring (bicyclic) bond motifs is 1. The van der Waals surface area contributed by atoms with Crippen LogP contribution in [0.4, 0.5) is 0 Å². The Bertz CT molecular complexity index is 885. The largest absolute Gasteiger partial charge is 0.478 e. The summed E-state index contributed by atoms with van der Waals surface area (Å²) in [4.78, 5) is 14.4. The van der Waals surface area contributed by atoms with E-state index in [0.717, 1.165) is 47.2 Å². The predicted molar refractivity (Wildman–Crippen MR) is 101 cm³/mol. The third-order valence-corrected chi connectivity index (χ3v) is 4.68. The SMILES string of the molecule is NCCc1[nH]c2ccc(Cl)cc2c1CCCc1ccc(C(=O)O)cc1. The van der Waals surface area contributed by atoms with Crippen molar-refractivity contribution in [2.75, 3.05) is 6.54 Å². The first-order valence-electron chi connectivity index (χ1n) is 8.40. The summed E-state index contributed by atoms with van der Waals surface area (Å²) in [6.07, 6.45) is 3.62. The Kier molecular flexibility index (Phi) is 5.41. The molecule has 0 amide bonds. The minimum Gasteiger partial charge on any atom is -0.478 e. The van der Waals surface area contributed by atoms with Crippen LogP contribution in [-0.2, 0) is 19.3 Å². The van der Waals surface area contributed by atoms with E-state index in [1.54, 1.807) is 12.1 Å². The zero-order valence-electron chi connectivity index (χ0n) is 13.9. The monoisotopic (exact) mass is 356 g/mol. The Hall–Kier alpha value is -2.30. The molecule has 25 heavy (non-hydrogen) atoms. The van der Waals surface area contributed by atoms with Crippen LogP contribution in [-0.4, -0.2) is 22.6 Å². The molecule has 0 fully saturated rings. The molecule has 0 atom stereocenters. The highest BCUT2D eigenvalue weighted by Gasteiger charge is 2.11. The number of H-pyrrole nitrogens is 1. The van der Waals surface area contributed by atoms with Gasteiger partial charge in [-0.05, 0) is 67.3 Å². The van der Waals surface area contributed by atoms with Crippen molar-refractivity contribution in [3.05, 3.63) is 69.9 Å². The topological polar surface area (TPSA) is 79.1 Å². The van der Waals surface area contributed by atoms with Crippen molar-refractivity contribution in [2.24, 2.45) is 5.73 Å². The van der Waals surface area contributed by atoms with Crippen molar-refractivity contribution in [1.29, 1.82) is 0 Å². The molecule has 0 bridgehead atoms. The van der Waals surface area contributed by atoms with Gasteiger partial charge < -0.3 is 15.8 Å². The number of nitrogens with two attached hydrogens (primary N) is 1. The van der Waals surface area contributed by atoms with Gasteiger partial charge in [-0.3, -0.25) is 0 Å². The number of aromatic amines is 1. The average Bonchev–Trinajstić information content (AvgIpc) is 2.93. The molecule has 0 aliphatic carbocycles. The maximum atomic E-state index is 10.9. The van der Waals surface area contributed by atoms with Gasteiger partial charge in [0.25, 0.3) is 0 Å². The summed E-state index contributed by atoms with van der Waals surface area (Å²) in [7, 11) is 0. The fourth-order valence-electron chi connectivity index (χ4n) is 3.20. The van der Waals surface area contributed by atoms with Crippen LogP contribution in [0.25, 0.3) is 10.9 Å². The van der Waals surface area contributed by atoms with Crippen LogP contribution in [0, 0.1) is 0 Å². The standard InChI is InChI=1S/C20H21ClN2O2/c21-15-8-9-18-17(12-15)16(19(23-18)10-11-22)3-1-2-13-4-6-14(7-5-13)20(24)25/h4-9,12,23H,1-3,10-11,22H2,(H,24,25). The van der Waals surface area contributed by atoms with Crippen molar-refractivity contribution >= 4 is 28.5 Å². The minimum absolute atomic E-state index is 0.320. The molecule has 5 heteroatoms. The number of nitrogens with one attached hydrogen (secondary N) is 1. The van der Waals surface area contributed by atoms with Crippen molar-refractivity contribution in [1.82, 2.24) is 4.98 Å². The van der Waals surface area contributed by atoms with E-state index in [1.165, 1.54) is 11.3 Å². The molecule has 1 aromatic heterocycles. The number of hydrogen-bond donors (Lipinski definition) is 3. The second kappa shape index (κ2) is 7.72. The van der Waals surface area contributed by atoms with Crippen molar-refractivity contribution in [3.8, 4) is 0 Å². The van der Waals surface area contributed by atoms with E-state index in [9.17, 15) is 4.79 Å². The first-order chi connectivity index (χ1) is 12.1. The molecule has 0 aliphatic rings. The van der Waals surface area contributed by atoms with Gasteiger partial charge in [-0.15, -0.1) is 0 Å². The van der Waals surface area contributed by atoms with Crippen molar-refractivity contribution < 1.29 is 9.90 Å². The van der Waals surface area contributed by atoms with Crippen LogP contribution in [0.3, 0.4) is 0 Å². The second-order valence-corrected chi connectivity index (χ2v) is 6.60.